The number of carbonyl (C=O) groups excluding carboxylic acids is 3. The van der Waals surface area contributed by atoms with Crippen LogP contribution in [0.4, 0.5) is 10.5 Å². The number of hydrogen-bond donors (Lipinski definition) is 2. The third-order valence-electron chi connectivity index (χ3n) is 5.08. The van der Waals surface area contributed by atoms with E-state index in [9.17, 15) is 22.8 Å². The highest BCUT2D eigenvalue weighted by Crippen LogP contribution is 2.30. The largest absolute Gasteiger partial charge is 0.496 e. The average Bonchev–Trinajstić information content (AvgIpc) is 2.94. The van der Waals surface area contributed by atoms with E-state index in [2.05, 4.69) is 15.4 Å². The zero-order valence-corrected chi connectivity index (χ0v) is 20.5. The van der Waals surface area contributed by atoms with Crippen molar-refractivity contribution in [2.24, 2.45) is 5.92 Å². The molecule has 0 aliphatic carbocycles. The van der Waals surface area contributed by atoms with Gasteiger partial charge in [-0.1, -0.05) is 23.2 Å². The van der Waals surface area contributed by atoms with Crippen molar-refractivity contribution in [1.29, 1.82) is 0 Å². The predicted octanol–water partition coefficient (Wildman–Crippen LogP) is 2.69. The summed E-state index contributed by atoms with van der Waals surface area (Å²) in [6.45, 7) is -0.776. The molecular formula is C21H21Cl2N3O7S. The summed E-state index contributed by atoms with van der Waals surface area (Å²) in [5.41, 5.74) is 0.541. The van der Waals surface area contributed by atoms with E-state index in [0.717, 1.165) is 13.2 Å². The number of halogens is 2. The molecule has 10 nitrogen and oxygen atoms in total. The Morgan fingerprint density at radius 3 is 2.59 bits per heavy atom. The number of anilines is 1. The van der Waals surface area contributed by atoms with Crippen LogP contribution in [0, 0.1) is 5.92 Å². The fourth-order valence-corrected chi connectivity index (χ4v) is 5.17. The zero-order valence-electron chi connectivity index (χ0n) is 18.1. The van der Waals surface area contributed by atoms with Gasteiger partial charge in [0.2, 0.25) is 11.8 Å². The summed E-state index contributed by atoms with van der Waals surface area (Å²) in [5, 5.41) is 5.34. The Bertz CT molecular complexity index is 1240. The number of sulfonamides is 1. The molecular weight excluding hydrogens is 509 g/mol. The quantitative estimate of drug-likeness (QED) is 0.587. The van der Waals surface area contributed by atoms with E-state index < -0.39 is 40.4 Å². The Kier molecular flexibility index (Phi) is 7.90. The van der Waals surface area contributed by atoms with Gasteiger partial charge in [-0.05, 0) is 48.4 Å². The molecule has 1 atom stereocenters. The Labute approximate surface area is 206 Å². The maximum Gasteiger partial charge on any atom is 0.411 e. The molecule has 182 valence electrons. The van der Waals surface area contributed by atoms with Crippen LogP contribution < -0.4 is 15.4 Å². The van der Waals surface area contributed by atoms with Crippen LogP contribution in [0.15, 0.2) is 41.3 Å². The second kappa shape index (κ2) is 10.5. The molecule has 34 heavy (non-hydrogen) atoms. The van der Waals surface area contributed by atoms with Crippen LogP contribution in [0.3, 0.4) is 0 Å². The standard InChI is InChI=1S/C21H21Cl2N3O7S/c1-32-18-6-3-14(22)8-12(18)7-13-10-24-19(27)11-26(20(13)28)34(30,31)15-4-5-16(23)17(9-15)25-21(29)33-2/h3-6,8-9,13H,7,10-11H2,1-2H3,(H,24,27)(H,25,29). The molecule has 1 aliphatic rings. The molecule has 1 fully saturated rings. The van der Waals surface area contributed by atoms with Crippen LogP contribution in [0.25, 0.3) is 0 Å². The van der Waals surface area contributed by atoms with Crippen molar-refractivity contribution in [2.45, 2.75) is 11.3 Å². The molecule has 0 radical (unpaired) electrons. The van der Waals surface area contributed by atoms with Gasteiger partial charge in [0.1, 0.15) is 12.3 Å². The van der Waals surface area contributed by atoms with E-state index in [1.54, 1.807) is 18.2 Å². The fourth-order valence-electron chi connectivity index (χ4n) is 3.38. The van der Waals surface area contributed by atoms with Gasteiger partial charge in [0.05, 0.1) is 35.7 Å². The van der Waals surface area contributed by atoms with Gasteiger partial charge >= 0.3 is 6.09 Å². The summed E-state index contributed by atoms with van der Waals surface area (Å²) >= 11 is 12.1. The summed E-state index contributed by atoms with van der Waals surface area (Å²) in [6.07, 6.45) is -0.790. The first-order valence-corrected chi connectivity index (χ1v) is 12.1. The maximum atomic E-state index is 13.4. The summed E-state index contributed by atoms with van der Waals surface area (Å²) in [4.78, 5) is 36.8. The predicted molar refractivity (Wildman–Crippen MR) is 125 cm³/mol. The number of rotatable bonds is 6. The van der Waals surface area contributed by atoms with Crippen molar-refractivity contribution >= 4 is 56.8 Å². The molecule has 2 aromatic rings. The van der Waals surface area contributed by atoms with Crippen molar-refractivity contribution in [1.82, 2.24) is 9.62 Å². The molecule has 1 unspecified atom stereocenters. The van der Waals surface area contributed by atoms with Crippen LogP contribution in [0.2, 0.25) is 10.0 Å². The van der Waals surface area contributed by atoms with Gasteiger partial charge in [-0.15, -0.1) is 0 Å². The Hall–Kier alpha value is -3.02. The lowest BCUT2D eigenvalue weighted by Crippen LogP contribution is -2.42. The van der Waals surface area contributed by atoms with E-state index >= 15 is 0 Å². The van der Waals surface area contributed by atoms with Gasteiger partial charge in [-0.2, -0.15) is 0 Å². The van der Waals surface area contributed by atoms with Gasteiger partial charge in [-0.3, -0.25) is 14.9 Å². The highest BCUT2D eigenvalue weighted by Gasteiger charge is 2.38. The van der Waals surface area contributed by atoms with E-state index in [4.69, 9.17) is 27.9 Å². The number of hydrogen-bond acceptors (Lipinski definition) is 7. The lowest BCUT2D eigenvalue weighted by atomic mass is 9.98. The van der Waals surface area contributed by atoms with Crippen LogP contribution >= 0.6 is 23.2 Å². The van der Waals surface area contributed by atoms with Gasteiger partial charge in [0.25, 0.3) is 10.0 Å². The molecule has 3 amide bonds. The SMILES string of the molecule is COC(=O)Nc1cc(S(=O)(=O)N2CC(=O)NCC(Cc3cc(Cl)ccc3OC)C2=O)ccc1Cl. The third-order valence-corrected chi connectivity index (χ3v) is 7.39. The number of methoxy groups -OCH3 is 2. The van der Waals surface area contributed by atoms with Crippen molar-refractivity contribution in [3.63, 3.8) is 0 Å². The Morgan fingerprint density at radius 1 is 1.18 bits per heavy atom. The Morgan fingerprint density at radius 2 is 1.91 bits per heavy atom. The number of ether oxygens (including phenoxy) is 2. The van der Waals surface area contributed by atoms with Crippen molar-refractivity contribution in [2.75, 3.05) is 32.6 Å². The molecule has 2 N–H and O–H groups in total. The van der Waals surface area contributed by atoms with E-state index in [1.165, 1.54) is 19.2 Å². The Balaban J connectivity index is 1.97. The minimum atomic E-state index is -4.48. The van der Waals surface area contributed by atoms with Crippen LogP contribution in [-0.2, 0) is 30.8 Å². The van der Waals surface area contributed by atoms with E-state index in [-0.39, 0.29) is 28.6 Å². The normalized spacial score (nSPS) is 16.5. The van der Waals surface area contributed by atoms with Gasteiger partial charge in [-0.25, -0.2) is 17.5 Å². The summed E-state index contributed by atoms with van der Waals surface area (Å²) < 4.78 is 37.1. The molecule has 1 heterocycles. The maximum absolute atomic E-state index is 13.4. The van der Waals surface area contributed by atoms with Crippen molar-refractivity contribution < 1.29 is 32.3 Å². The second-order valence-electron chi connectivity index (χ2n) is 7.27. The summed E-state index contributed by atoms with van der Waals surface area (Å²) in [7, 11) is -1.89. The highest BCUT2D eigenvalue weighted by molar-refractivity contribution is 7.89. The van der Waals surface area contributed by atoms with Gasteiger partial charge in [0.15, 0.2) is 0 Å². The monoisotopic (exact) mass is 529 g/mol. The molecule has 0 bridgehead atoms. The fraction of sp³-hybridized carbons (Fsp3) is 0.286. The number of carbonyl (C=O) groups is 3. The van der Waals surface area contributed by atoms with Crippen LogP contribution in [-0.4, -0.2) is 57.9 Å². The van der Waals surface area contributed by atoms with Crippen LogP contribution in [0.1, 0.15) is 5.56 Å². The van der Waals surface area contributed by atoms with Crippen molar-refractivity contribution in [3.8, 4) is 5.75 Å². The smallest absolute Gasteiger partial charge is 0.411 e. The second-order valence-corrected chi connectivity index (χ2v) is 9.98. The zero-order chi connectivity index (χ0) is 25.0. The third kappa shape index (κ3) is 5.54. The van der Waals surface area contributed by atoms with Crippen molar-refractivity contribution in [3.05, 3.63) is 52.0 Å². The summed E-state index contributed by atoms with van der Waals surface area (Å²) in [5.74, 6) is -1.86. The van der Waals surface area contributed by atoms with Gasteiger partial charge in [0, 0.05) is 11.6 Å². The highest BCUT2D eigenvalue weighted by atomic mass is 35.5. The molecule has 0 aromatic heterocycles. The molecule has 1 aliphatic heterocycles. The first kappa shape index (κ1) is 25.6. The number of nitrogens with one attached hydrogen (secondary N) is 2. The van der Waals surface area contributed by atoms with E-state index in [0.29, 0.717) is 20.6 Å². The number of amides is 3. The average molecular weight is 530 g/mol. The van der Waals surface area contributed by atoms with E-state index in [1.807, 2.05) is 0 Å². The lowest BCUT2D eigenvalue weighted by Gasteiger charge is -2.23. The number of benzene rings is 2. The summed E-state index contributed by atoms with van der Waals surface area (Å²) in [6, 6.07) is 8.37. The molecule has 13 heteroatoms. The molecule has 1 saturated heterocycles. The molecule has 0 spiro atoms. The molecule has 2 aromatic carbocycles. The first-order chi connectivity index (χ1) is 16.1. The topological polar surface area (TPSA) is 131 Å². The molecule has 0 saturated carbocycles. The molecule has 3 rings (SSSR count). The minimum absolute atomic E-state index is 0.0403. The van der Waals surface area contributed by atoms with Gasteiger partial charge < -0.3 is 14.8 Å². The lowest BCUT2D eigenvalue weighted by molar-refractivity contribution is -0.131. The first-order valence-electron chi connectivity index (χ1n) is 9.87. The minimum Gasteiger partial charge on any atom is -0.496 e. The van der Waals surface area contributed by atoms with Crippen LogP contribution in [0.5, 0.6) is 5.75 Å². The number of nitrogens with zero attached hydrogens (tertiary/aromatic N) is 1.